The highest BCUT2D eigenvalue weighted by Gasteiger charge is 2.26. The molecule has 0 fully saturated rings. The third-order valence-electron chi connectivity index (χ3n) is 5.46. The fraction of sp³-hybridized carbons (Fsp3) is 0.385. The lowest BCUT2D eigenvalue weighted by atomic mass is 10.1. The summed E-state index contributed by atoms with van der Waals surface area (Å²) in [6, 6.07) is 14.9. The van der Waals surface area contributed by atoms with Crippen LogP contribution in [0.5, 0.6) is 0 Å². The molecular formula is C26H32FN3O4S. The van der Waals surface area contributed by atoms with Crippen molar-refractivity contribution in [1.29, 1.82) is 0 Å². The maximum atomic E-state index is 13.3. The number of carbonyl (C=O) groups excluding carboxylic acids is 1. The number of hydrogen-bond donors (Lipinski definition) is 0. The molecule has 0 aliphatic rings. The van der Waals surface area contributed by atoms with Crippen molar-refractivity contribution in [2.45, 2.75) is 44.3 Å². The van der Waals surface area contributed by atoms with E-state index in [4.69, 9.17) is 4.74 Å². The van der Waals surface area contributed by atoms with Crippen molar-refractivity contribution >= 4 is 15.7 Å². The Kier molecular flexibility index (Phi) is 9.17. The molecule has 0 radical (unpaired) electrons. The first-order valence-electron chi connectivity index (χ1n) is 11.5. The molecule has 3 aromatic rings. The van der Waals surface area contributed by atoms with Crippen molar-refractivity contribution in [2.75, 3.05) is 20.3 Å². The van der Waals surface area contributed by atoms with Crippen LogP contribution in [0.4, 0.5) is 4.39 Å². The quantitative estimate of drug-likeness (QED) is 0.376. The van der Waals surface area contributed by atoms with Crippen molar-refractivity contribution < 1.29 is 22.3 Å². The van der Waals surface area contributed by atoms with Crippen molar-refractivity contribution in [3.63, 3.8) is 0 Å². The van der Waals surface area contributed by atoms with E-state index in [1.54, 1.807) is 9.47 Å². The van der Waals surface area contributed by atoms with Gasteiger partial charge in [-0.05, 0) is 29.2 Å². The van der Waals surface area contributed by atoms with Gasteiger partial charge in [-0.15, -0.1) is 0 Å². The van der Waals surface area contributed by atoms with Crippen molar-refractivity contribution in [2.24, 2.45) is 5.92 Å². The van der Waals surface area contributed by atoms with Crippen LogP contribution >= 0.6 is 0 Å². The molecule has 0 saturated heterocycles. The molecule has 0 saturated carbocycles. The van der Waals surface area contributed by atoms with Gasteiger partial charge >= 0.3 is 0 Å². The molecule has 0 N–H and O–H groups in total. The fourth-order valence-electron chi connectivity index (χ4n) is 3.83. The molecule has 35 heavy (non-hydrogen) atoms. The zero-order valence-corrected chi connectivity index (χ0v) is 21.2. The van der Waals surface area contributed by atoms with E-state index in [-0.39, 0.29) is 48.9 Å². The summed E-state index contributed by atoms with van der Waals surface area (Å²) in [5.74, 6) is -0.549. The molecule has 0 bridgehead atoms. The third-order valence-corrected chi connectivity index (χ3v) is 7.05. The number of imidazole rings is 1. The smallest absolute Gasteiger partial charge is 0.228 e. The molecule has 9 heteroatoms. The van der Waals surface area contributed by atoms with Gasteiger partial charge in [0, 0.05) is 20.2 Å². The number of hydrogen-bond acceptors (Lipinski definition) is 5. The van der Waals surface area contributed by atoms with Crippen LogP contribution < -0.4 is 0 Å². The Morgan fingerprint density at radius 1 is 1.09 bits per heavy atom. The van der Waals surface area contributed by atoms with Gasteiger partial charge in [0.25, 0.3) is 0 Å². The van der Waals surface area contributed by atoms with Gasteiger partial charge in [-0.2, -0.15) is 0 Å². The number of methoxy groups -OCH3 is 1. The lowest BCUT2D eigenvalue weighted by molar-refractivity contribution is -0.131. The number of benzene rings is 2. The second-order valence-corrected chi connectivity index (χ2v) is 10.8. The molecule has 1 amide bonds. The van der Waals surface area contributed by atoms with E-state index >= 15 is 0 Å². The van der Waals surface area contributed by atoms with Gasteiger partial charge < -0.3 is 14.2 Å². The van der Waals surface area contributed by atoms with Crippen molar-refractivity contribution in [3.05, 3.63) is 83.4 Å². The number of sulfone groups is 1. The molecule has 2 aromatic carbocycles. The first kappa shape index (κ1) is 26.6. The Bertz CT molecular complexity index is 1210. The van der Waals surface area contributed by atoms with Gasteiger partial charge in [-0.25, -0.2) is 17.8 Å². The predicted molar refractivity (Wildman–Crippen MR) is 132 cm³/mol. The summed E-state index contributed by atoms with van der Waals surface area (Å²) in [5.41, 5.74) is 2.00. The van der Waals surface area contributed by atoms with Crippen molar-refractivity contribution in [1.82, 2.24) is 14.5 Å². The molecule has 3 rings (SSSR count). The molecule has 0 aliphatic carbocycles. The number of aromatic nitrogens is 2. The van der Waals surface area contributed by atoms with Crippen molar-refractivity contribution in [3.8, 4) is 0 Å². The van der Waals surface area contributed by atoms with Crippen LogP contribution in [0.15, 0.2) is 66.0 Å². The largest absolute Gasteiger partial charge is 0.383 e. The molecule has 0 unspecified atom stereocenters. The third kappa shape index (κ3) is 7.47. The minimum atomic E-state index is -3.82. The summed E-state index contributed by atoms with van der Waals surface area (Å²) in [6.07, 6.45) is 1.77. The Labute approximate surface area is 206 Å². The molecule has 188 valence electrons. The van der Waals surface area contributed by atoms with Gasteiger partial charge in [0.15, 0.2) is 0 Å². The van der Waals surface area contributed by atoms with Gasteiger partial charge in [-0.1, -0.05) is 56.3 Å². The van der Waals surface area contributed by atoms with Gasteiger partial charge in [0.05, 0.1) is 37.2 Å². The zero-order valence-electron chi connectivity index (χ0n) is 20.4. The Hall–Kier alpha value is -3.04. The second kappa shape index (κ2) is 12.1. The zero-order chi connectivity index (χ0) is 25.4. The molecule has 1 aromatic heterocycles. The maximum absolute atomic E-state index is 13.3. The minimum Gasteiger partial charge on any atom is -0.383 e. The highest BCUT2D eigenvalue weighted by molar-refractivity contribution is 7.90. The average molecular weight is 502 g/mol. The molecule has 0 atom stereocenters. The highest BCUT2D eigenvalue weighted by Crippen LogP contribution is 2.20. The summed E-state index contributed by atoms with van der Waals surface area (Å²) in [4.78, 5) is 19.2. The second-order valence-electron chi connectivity index (χ2n) is 8.89. The first-order chi connectivity index (χ1) is 16.7. The van der Waals surface area contributed by atoms with Gasteiger partial charge in [0.2, 0.25) is 20.9 Å². The molecular weight excluding hydrogens is 469 g/mol. The maximum Gasteiger partial charge on any atom is 0.228 e. The Morgan fingerprint density at radius 2 is 1.77 bits per heavy atom. The molecule has 7 nitrogen and oxygen atoms in total. The van der Waals surface area contributed by atoms with E-state index in [1.807, 2.05) is 44.2 Å². The summed E-state index contributed by atoms with van der Waals surface area (Å²) in [5, 5.41) is -0.0890. The number of halogens is 1. The molecule has 0 spiro atoms. The van der Waals surface area contributed by atoms with Crippen LogP contribution in [0.1, 0.15) is 30.7 Å². The first-order valence-corrected chi connectivity index (χ1v) is 13.2. The Balaban J connectivity index is 1.88. The topological polar surface area (TPSA) is 81.5 Å². The highest BCUT2D eigenvalue weighted by atomic mass is 32.2. The number of ether oxygens (including phenoxy) is 1. The van der Waals surface area contributed by atoms with Crippen LogP contribution in [-0.4, -0.2) is 49.0 Å². The summed E-state index contributed by atoms with van der Waals surface area (Å²) in [7, 11) is -2.28. The van der Waals surface area contributed by atoms with E-state index in [9.17, 15) is 17.6 Å². The normalized spacial score (nSPS) is 11.7. The van der Waals surface area contributed by atoms with Crippen LogP contribution in [0.25, 0.3) is 0 Å². The van der Waals surface area contributed by atoms with Gasteiger partial charge in [-0.3, -0.25) is 4.79 Å². The van der Waals surface area contributed by atoms with Crippen LogP contribution in [0, 0.1) is 11.7 Å². The van der Waals surface area contributed by atoms with Crippen LogP contribution in [-0.2, 0) is 44.6 Å². The Morgan fingerprint density at radius 3 is 2.40 bits per heavy atom. The number of nitrogens with zero attached hydrogens (tertiary/aromatic N) is 3. The molecule has 0 aliphatic heterocycles. The fourth-order valence-corrected chi connectivity index (χ4v) is 5.34. The number of amides is 1. The monoisotopic (exact) mass is 501 g/mol. The molecule has 1 heterocycles. The standard InChI is InChI=1S/C26H32FN3O4S/c1-20(2)17-29(25(31)15-21-7-5-4-6-8-21)18-24-16-28-26(30(24)13-14-34-3)35(32,33)19-22-9-11-23(27)12-10-22/h4-12,16,20H,13-15,17-19H2,1-3H3. The lowest BCUT2D eigenvalue weighted by Gasteiger charge is -2.25. The number of carbonyl (C=O) groups is 1. The summed E-state index contributed by atoms with van der Waals surface area (Å²) in [6.45, 7) is 5.37. The SMILES string of the molecule is COCCn1c(CN(CC(C)C)C(=O)Cc2ccccc2)cnc1S(=O)(=O)Cc1ccc(F)cc1. The van der Waals surface area contributed by atoms with E-state index < -0.39 is 15.7 Å². The predicted octanol–water partition coefficient (Wildman–Crippen LogP) is 3.87. The van der Waals surface area contributed by atoms with E-state index in [0.717, 1.165) is 5.56 Å². The summed E-state index contributed by atoms with van der Waals surface area (Å²) < 4.78 is 46.5. The summed E-state index contributed by atoms with van der Waals surface area (Å²) >= 11 is 0. The van der Waals surface area contributed by atoms with E-state index in [1.165, 1.54) is 37.6 Å². The minimum absolute atomic E-state index is 0.0416. The average Bonchev–Trinajstić information content (AvgIpc) is 3.22. The van der Waals surface area contributed by atoms with Crippen LogP contribution in [0.3, 0.4) is 0 Å². The van der Waals surface area contributed by atoms with E-state index in [0.29, 0.717) is 17.8 Å². The van der Waals surface area contributed by atoms with Crippen LogP contribution in [0.2, 0.25) is 0 Å². The number of rotatable bonds is 12. The van der Waals surface area contributed by atoms with E-state index in [2.05, 4.69) is 4.98 Å². The lowest BCUT2D eigenvalue weighted by Crippen LogP contribution is -2.35. The van der Waals surface area contributed by atoms with Gasteiger partial charge in [0.1, 0.15) is 5.82 Å².